The average Bonchev–Trinajstić information content (AvgIpc) is 3.97. The van der Waals surface area contributed by atoms with E-state index in [1.54, 1.807) is 21.3 Å². The minimum Gasteiger partial charge on any atom is -0.481 e. The number of rotatable bonds is 22. The van der Waals surface area contributed by atoms with E-state index in [2.05, 4.69) is 57.3 Å². The molecule has 0 spiro atoms. The van der Waals surface area contributed by atoms with E-state index < -0.39 is 5.97 Å². The molecule has 0 bridgehead atoms. The summed E-state index contributed by atoms with van der Waals surface area (Å²) in [6.45, 7) is 18.1. The molecular formula is C51H84N4O9. The third kappa shape index (κ3) is 21.4. The first-order valence-corrected chi connectivity index (χ1v) is 23.5. The summed E-state index contributed by atoms with van der Waals surface area (Å²) in [7, 11) is 5.10. The molecule has 0 aromatic heterocycles. The topological polar surface area (TPSA) is 181 Å². The van der Waals surface area contributed by atoms with Crippen molar-refractivity contribution in [1.82, 2.24) is 15.1 Å². The van der Waals surface area contributed by atoms with E-state index >= 15 is 0 Å². The molecular weight excluding hydrogens is 813 g/mol. The highest BCUT2D eigenvalue weighted by molar-refractivity contribution is 5.80. The molecule has 5 rings (SSSR count). The molecule has 3 amide bonds. The predicted molar refractivity (Wildman–Crippen MR) is 253 cm³/mol. The van der Waals surface area contributed by atoms with Crippen LogP contribution in [0, 0.1) is 47.3 Å². The lowest BCUT2D eigenvalue weighted by Gasteiger charge is -2.25. The van der Waals surface area contributed by atoms with Crippen molar-refractivity contribution in [2.24, 2.45) is 53.1 Å². The Labute approximate surface area is 385 Å². The van der Waals surface area contributed by atoms with Crippen molar-refractivity contribution in [2.75, 3.05) is 73.9 Å². The molecule has 10 atom stereocenters. The summed E-state index contributed by atoms with van der Waals surface area (Å²) in [5, 5.41) is 20.5. The van der Waals surface area contributed by atoms with Crippen LogP contribution in [0.2, 0.25) is 0 Å². The molecule has 3 fully saturated rings. The Balaban J connectivity index is 0.000000301. The van der Waals surface area contributed by atoms with E-state index in [-0.39, 0.29) is 54.7 Å². The summed E-state index contributed by atoms with van der Waals surface area (Å²) < 4.78 is 15.2. The smallest absolute Gasteiger partial charge is 0.303 e. The van der Waals surface area contributed by atoms with Crippen LogP contribution in [0.5, 0.6) is 0 Å². The fourth-order valence-corrected chi connectivity index (χ4v) is 9.25. The summed E-state index contributed by atoms with van der Waals surface area (Å²) >= 11 is 0. The highest BCUT2D eigenvalue weighted by atomic mass is 16.5. The molecule has 13 nitrogen and oxygen atoms in total. The number of carboxylic acids is 1. The van der Waals surface area contributed by atoms with Crippen LogP contribution in [0.4, 0.5) is 0 Å². The van der Waals surface area contributed by atoms with Gasteiger partial charge in [0.2, 0.25) is 17.7 Å². The summed E-state index contributed by atoms with van der Waals surface area (Å²) in [4.78, 5) is 49.6. The number of ether oxygens (including phenoxy) is 3. The number of carboxylic acid groups (broad SMARTS) is 1. The number of nitrogens with zero attached hydrogens (tertiary/aromatic N) is 2. The Morgan fingerprint density at radius 3 is 1.47 bits per heavy atom. The van der Waals surface area contributed by atoms with Crippen LogP contribution in [0.25, 0.3) is 0 Å². The van der Waals surface area contributed by atoms with Crippen molar-refractivity contribution in [3.8, 4) is 0 Å². The van der Waals surface area contributed by atoms with Gasteiger partial charge in [0.15, 0.2) is 0 Å². The first-order chi connectivity index (χ1) is 30.5. The minimum atomic E-state index is -0.778. The average molecular weight is 897 g/mol. The lowest BCUT2D eigenvalue weighted by molar-refractivity contribution is -0.138. The molecule has 362 valence electrons. The standard InChI is InChI=1S/C17H25NO2.C16H23NO2.C9H19NO3.C9H17NO2/c1-13(12-20-3)9-15-10-17(19)18(11-15)14(2)16-7-5-4-6-8-16;1-12(11-18)8-14-9-16(19)17(10-14)13(2)15-6-4-3-5-7-15;1-7(6-13-2)3-8(5-10)4-9(11)12;1-7(6-12-2)3-8-4-9(11)10-5-8/h4-8,13-15H,9-12H2,1-3H3;3-7,12-14,18H,8-11H2,1-2H3;7-8H,3-6,10H2,1-2H3,(H,11,12);7-8H,3-6H2,1-2H3,(H,10,11)/t13?,14-,15-;12?,13-,14-;2*7?,8-/m0000/s1. The number of carbonyl (C=O) groups excluding carboxylic acids is 3. The predicted octanol–water partition coefficient (Wildman–Crippen LogP) is 7.39. The van der Waals surface area contributed by atoms with Crippen LogP contribution in [-0.4, -0.2) is 118 Å². The van der Waals surface area contributed by atoms with Crippen molar-refractivity contribution >= 4 is 23.7 Å². The molecule has 0 saturated carbocycles. The van der Waals surface area contributed by atoms with Gasteiger partial charge in [0.05, 0.1) is 12.1 Å². The molecule has 3 aliphatic heterocycles. The maximum atomic E-state index is 12.2. The normalized spacial score (nSPS) is 21.5. The molecule has 4 unspecified atom stereocenters. The van der Waals surface area contributed by atoms with E-state index in [9.17, 15) is 19.2 Å². The van der Waals surface area contributed by atoms with Crippen molar-refractivity contribution < 1.29 is 43.6 Å². The van der Waals surface area contributed by atoms with Crippen LogP contribution in [0.1, 0.15) is 116 Å². The summed E-state index contributed by atoms with van der Waals surface area (Å²) in [6, 6.07) is 20.7. The number of benzene rings is 2. The Kier molecular flexibility index (Phi) is 27.3. The first-order valence-electron chi connectivity index (χ1n) is 23.5. The van der Waals surface area contributed by atoms with E-state index in [4.69, 9.17) is 30.2 Å². The van der Waals surface area contributed by atoms with Gasteiger partial charge in [-0.05, 0) is 105 Å². The van der Waals surface area contributed by atoms with Gasteiger partial charge >= 0.3 is 5.97 Å². The highest BCUT2D eigenvalue weighted by Gasteiger charge is 2.35. The summed E-state index contributed by atoms with van der Waals surface area (Å²) in [5.41, 5.74) is 7.86. The molecule has 3 aliphatic rings. The van der Waals surface area contributed by atoms with Crippen molar-refractivity contribution in [1.29, 1.82) is 0 Å². The Hall–Kier alpha value is -3.88. The maximum absolute atomic E-state index is 12.2. The molecule has 64 heavy (non-hydrogen) atoms. The van der Waals surface area contributed by atoms with Crippen molar-refractivity contribution in [2.45, 2.75) is 105 Å². The van der Waals surface area contributed by atoms with Gasteiger partial charge in [0, 0.05) is 93.1 Å². The minimum absolute atomic E-state index is 0.0719. The first kappa shape index (κ1) is 56.2. The number of methoxy groups -OCH3 is 3. The maximum Gasteiger partial charge on any atom is 0.303 e. The number of amides is 3. The monoisotopic (exact) mass is 897 g/mol. The second-order valence-corrected chi connectivity index (χ2v) is 18.9. The third-order valence-corrected chi connectivity index (χ3v) is 12.4. The second-order valence-electron chi connectivity index (χ2n) is 18.9. The van der Waals surface area contributed by atoms with Gasteiger partial charge in [-0.25, -0.2) is 0 Å². The van der Waals surface area contributed by atoms with Gasteiger partial charge in [-0.2, -0.15) is 0 Å². The highest BCUT2D eigenvalue weighted by Crippen LogP contribution is 2.33. The SMILES string of the molecule is CC(CO)C[C@H]1CC(=O)N([C@@H](C)c2ccccc2)C1.COCC(C)C[C@@H]1CNC(=O)C1.COCC(C)C[C@H](CN)CC(=O)O.COCC(C)C[C@H]1CC(=O)N([C@@H](C)c2ccccc2)C1. The quantitative estimate of drug-likeness (QED) is 0.0931. The number of nitrogens with one attached hydrogen (secondary N) is 1. The Morgan fingerprint density at radius 1 is 0.672 bits per heavy atom. The summed E-state index contributed by atoms with van der Waals surface area (Å²) in [5.74, 6) is 3.15. The zero-order valence-corrected chi connectivity index (χ0v) is 40.6. The van der Waals surface area contributed by atoms with Crippen LogP contribution in [0.3, 0.4) is 0 Å². The van der Waals surface area contributed by atoms with Crippen LogP contribution in [-0.2, 0) is 33.4 Å². The van der Waals surface area contributed by atoms with Crippen LogP contribution in [0.15, 0.2) is 60.7 Å². The van der Waals surface area contributed by atoms with E-state index in [1.165, 1.54) is 11.1 Å². The van der Waals surface area contributed by atoms with E-state index in [1.807, 2.05) is 60.0 Å². The Bertz CT molecular complexity index is 1600. The van der Waals surface area contributed by atoms with Gasteiger partial charge in [0.25, 0.3) is 0 Å². The van der Waals surface area contributed by atoms with Crippen LogP contribution >= 0.6 is 0 Å². The molecule has 3 saturated heterocycles. The third-order valence-electron chi connectivity index (χ3n) is 12.4. The lowest BCUT2D eigenvalue weighted by atomic mass is 9.94. The molecule has 2 aromatic rings. The molecule has 13 heteroatoms. The van der Waals surface area contributed by atoms with Crippen molar-refractivity contribution in [3.05, 3.63) is 71.8 Å². The fraction of sp³-hybridized carbons (Fsp3) is 0.686. The number of aliphatic hydroxyl groups is 1. The van der Waals surface area contributed by atoms with Gasteiger partial charge in [-0.15, -0.1) is 0 Å². The molecule has 3 heterocycles. The number of aliphatic hydroxyl groups excluding tert-OH is 1. The molecule has 5 N–H and O–H groups in total. The zero-order chi connectivity index (χ0) is 47.6. The second kappa shape index (κ2) is 31.1. The molecule has 0 aliphatic carbocycles. The largest absolute Gasteiger partial charge is 0.481 e. The number of nitrogens with two attached hydrogens (primary N) is 1. The fourth-order valence-electron chi connectivity index (χ4n) is 9.25. The molecule has 2 aromatic carbocycles. The molecule has 0 radical (unpaired) electrons. The Morgan fingerprint density at radius 2 is 1.09 bits per heavy atom. The van der Waals surface area contributed by atoms with Gasteiger partial charge in [-0.1, -0.05) is 88.4 Å². The number of hydrogen-bond acceptors (Lipinski definition) is 9. The number of hydrogen-bond donors (Lipinski definition) is 4. The number of aliphatic carboxylic acids is 1. The lowest BCUT2D eigenvalue weighted by Crippen LogP contribution is -2.28. The van der Waals surface area contributed by atoms with E-state index in [0.717, 1.165) is 58.5 Å². The number of carbonyl (C=O) groups is 4. The van der Waals surface area contributed by atoms with Gasteiger partial charge in [0.1, 0.15) is 0 Å². The van der Waals surface area contributed by atoms with E-state index in [0.29, 0.717) is 67.9 Å². The summed E-state index contributed by atoms with van der Waals surface area (Å²) in [6.07, 6.45) is 6.08. The zero-order valence-electron chi connectivity index (χ0n) is 40.6. The van der Waals surface area contributed by atoms with Crippen molar-refractivity contribution in [3.63, 3.8) is 0 Å². The number of likely N-dealkylation sites (tertiary alicyclic amines) is 2. The van der Waals surface area contributed by atoms with Crippen LogP contribution < -0.4 is 11.1 Å². The van der Waals surface area contributed by atoms with Gasteiger partial charge < -0.3 is 45.3 Å². The van der Waals surface area contributed by atoms with Gasteiger partial charge in [-0.3, -0.25) is 19.2 Å².